The second-order valence-electron chi connectivity index (χ2n) is 4.33. The average molecular weight is 251 g/mol. The van der Waals surface area contributed by atoms with Crippen LogP contribution in [0, 0.1) is 0 Å². The summed E-state index contributed by atoms with van der Waals surface area (Å²) in [6.07, 6.45) is 3.24. The molecule has 0 fully saturated rings. The smallest absolute Gasteiger partial charge is 0.176 e. The van der Waals surface area contributed by atoms with Crippen molar-refractivity contribution in [3.63, 3.8) is 0 Å². The largest absolute Gasteiger partial charge is 0.296 e. The molecule has 94 valence electrons. The molecule has 0 N–H and O–H groups in total. The van der Waals surface area contributed by atoms with Crippen LogP contribution in [-0.4, -0.2) is 42.3 Å². The van der Waals surface area contributed by atoms with E-state index >= 15 is 0 Å². The Bertz CT molecular complexity index is 339. The van der Waals surface area contributed by atoms with Gasteiger partial charge in [-0.05, 0) is 32.4 Å². The zero-order valence-electron chi connectivity index (χ0n) is 10.8. The Morgan fingerprint density at radius 2 is 2.00 bits per heavy atom. The Morgan fingerprint density at radius 3 is 2.59 bits per heavy atom. The van der Waals surface area contributed by atoms with Gasteiger partial charge in [0, 0.05) is 11.6 Å². The SMILES string of the molecule is CSCCC(C)N(C)CC(=O)c1ccccc1. The quantitative estimate of drug-likeness (QED) is 0.695. The fraction of sp³-hybridized carbons (Fsp3) is 0.500. The van der Waals surface area contributed by atoms with Crippen molar-refractivity contribution in [1.29, 1.82) is 0 Å². The normalized spacial score (nSPS) is 12.7. The van der Waals surface area contributed by atoms with Crippen molar-refractivity contribution < 1.29 is 4.79 Å². The zero-order valence-corrected chi connectivity index (χ0v) is 11.7. The van der Waals surface area contributed by atoms with E-state index < -0.39 is 0 Å². The van der Waals surface area contributed by atoms with E-state index in [1.54, 1.807) is 0 Å². The molecule has 0 saturated carbocycles. The van der Waals surface area contributed by atoms with Crippen LogP contribution in [0.5, 0.6) is 0 Å². The molecule has 0 heterocycles. The summed E-state index contributed by atoms with van der Waals surface area (Å²) in [6.45, 7) is 2.67. The number of thioether (sulfide) groups is 1. The van der Waals surface area contributed by atoms with Gasteiger partial charge in [0.1, 0.15) is 0 Å². The van der Waals surface area contributed by atoms with Gasteiger partial charge in [0.2, 0.25) is 0 Å². The fourth-order valence-electron chi connectivity index (χ4n) is 1.61. The molecular formula is C14H21NOS. The number of benzene rings is 1. The third-order valence-corrected chi connectivity index (χ3v) is 3.62. The molecular weight excluding hydrogens is 230 g/mol. The van der Waals surface area contributed by atoms with Gasteiger partial charge in [-0.2, -0.15) is 11.8 Å². The van der Waals surface area contributed by atoms with Gasteiger partial charge in [-0.25, -0.2) is 0 Å². The lowest BCUT2D eigenvalue weighted by Crippen LogP contribution is -2.34. The number of hydrogen-bond acceptors (Lipinski definition) is 3. The summed E-state index contributed by atoms with van der Waals surface area (Å²) in [4.78, 5) is 14.1. The minimum absolute atomic E-state index is 0.198. The number of likely N-dealkylation sites (N-methyl/N-ethyl adjacent to an activating group) is 1. The molecule has 1 unspecified atom stereocenters. The molecule has 0 aromatic heterocycles. The number of rotatable bonds is 7. The van der Waals surface area contributed by atoms with Crippen molar-refractivity contribution >= 4 is 17.5 Å². The third-order valence-electron chi connectivity index (χ3n) is 2.98. The molecule has 0 spiro atoms. The van der Waals surface area contributed by atoms with Crippen LogP contribution in [0.25, 0.3) is 0 Å². The number of Topliss-reactive ketones (excluding diaryl/α,β-unsaturated/α-hetero) is 1. The topological polar surface area (TPSA) is 20.3 Å². The molecule has 0 aliphatic carbocycles. The summed E-state index contributed by atoms with van der Waals surface area (Å²) >= 11 is 1.85. The highest BCUT2D eigenvalue weighted by Gasteiger charge is 2.13. The van der Waals surface area contributed by atoms with Crippen LogP contribution in [0.1, 0.15) is 23.7 Å². The molecule has 0 radical (unpaired) electrons. The van der Waals surface area contributed by atoms with Crippen LogP contribution in [0.15, 0.2) is 30.3 Å². The Labute approximate surface area is 108 Å². The van der Waals surface area contributed by atoms with Gasteiger partial charge < -0.3 is 0 Å². The minimum Gasteiger partial charge on any atom is -0.296 e. The Hall–Kier alpha value is -0.800. The predicted molar refractivity (Wildman–Crippen MR) is 75.9 cm³/mol. The fourth-order valence-corrected chi connectivity index (χ4v) is 2.18. The van der Waals surface area contributed by atoms with Crippen molar-refractivity contribution in [2.45, 2.75) is 19.4 Å². The second-order valence-corrected chi connectivity index (χ2v) is 5.32. The highest BCUT2D eigenvalue weighted by atomic mass is 32.2. The van der Waals surface area contributed by atoms with Gasteiger partial charge in [-0.1, -0.05) is 30.3 Å². The van der Waals surface area contributed by atoms with Gasteiger partial charge in [0.15, 0.2) is 5.78 Å². The van der Waals surface area contributed by atoms with Crippen molar-refractivity contribution in [3.8, 4) is 0 Å². The summed E-state index contributed by atoms with van der Waals surface area (Å²) in [6, 6.07) is 9.96. The Balaban J connectivity index is 2.46. The standard InChI is InChI=1S/C14H21NOS/c1-12(9-10-17-3)15(2)11-14(16)13-7-5-4-6-8-13/h4-8,12H,9-11H2,1-3H3. The summed E-state index contributed by atoms with van der Waals surface area (Å²) < 4.78 is 0. The molecule has 1 atom stereocenters. The second kappa shape index (κ2) is 7.51. The molecule has 3 heteroatoms. The van der Waals surface area contributed by atoms with E-state index in [4.69, 9.17) is 0 Å². The van der Waals surface area contributed by atoms with Gasteiger partial charge in [-0.3, -0.25) is 9.69 Å². The van der Waals surface area contributed by atoms with Crippen molar-refractivity contribution in [2.24, 2.45) is 0 Å². The van der Waals surface area contributed by atoms with E-state index in [1.165, 1.54) is 0 Å². The highest BCUT2D eigenvalue weighted by Crippen LogP contribution is 2.08. The number of nitrogens with zero attached hydrogens (tertiary/aromatic N) is 1. The first-order valence-corrected chi connectivity index (χ1v) is 7.32. The maximum atomic E-state index is 12.0. The summed E-state index contributed by atoms with van der Waals surface area (Å²) in [5.74, 6) is 1.34. The van der Waals surface area contributed by atoms with Gasteiger partial charge in [-0.15, -0.1) is 0 Å². The summed E-state index contributed by atoms with van der Waals surface area (Å²) in [7, 11) is 2.02. The number of carbonyl (C=O) groups excluding carboxylic acids is 1. The van der Waals surface area contributed by atoms with E-state index in [1.807, 2.05) is 49.1 Å². The molecule has 1 aromatic carbocycles. The van der Waals surface area contributed by atoms with Crippen LogP contribution in [-0.2, 0) is 0 Å². The zero-order chi connectivity index (χ0) is 12.7. The lowest BCUT2D eigenvalue weighted by Gasteiger charge is -2.23. The van der Waals surface area contributed by atoms with Crippen LogP contribution in [0.4, 0.5) is 0 Å². The van der Waals surface area contributed by atoms with E-state index in [-0.39, 0.29) is 5.78 Å². The minimum atomic E-state index is 0.198. The maximum Gasteiger partial charge on any atom is 0.176 e. The van der Waals surface area contributed by atoms with Gasteiger partial charge in [0.05, 0.1) is 6.54 Å². The maximum absolute atomic E-state index is 12.0. The first-order chi connectivity index (χ1) is 8.15. The van der Waals surface area contributed by atoms with Gasteiger partial charge in [0.25, 0.3) is 0 Å². The molecule has 2 nitrogen and oxygen atoms in total. The van der Waals surface area contributed by atoms with Crippen LogP contribution >= 0.6 is 11.8 Å². The van der Waals surface area contributed by atoms with E-state index in [0.717, 1.165) is 17.7 Å². The molecule has 0 bridgehead atoms. The van der Waals surface area contributed by atoms with Crippen LogP contribution in [0.2, 0.25) is 0 Å². The molecule has 1 rings (SSSR count). The lowest BCUT2D eigenvalue weighted by atomic mass is 10.1. The monoisotopic (exact) mass is 251 g/mol. The van der Waals surface area contributed by atoms with Crippen molar-refractivity contribution in [1.82, 2.24) is 4.90 Å². The summed E-state index contributed by atoms with van der Waals surface area (Å²) in [5, 5.41) is 0. The third kappa shape index (κ3) is 4.92. The van der Waals surface area contributed by atoms with E-state index in [0.29, 0.717) is 12.6 Å². The predicted octanol–water partition coefficient (Wildman–Crippen LogP) is 2.94. The van der Waals surface area contributed by atoms with E-state index in [2.05, 4.69) is 18.1 Å². The molecule has 17 heavy (non-hydrogen) atoms. The number of ketones is 1. The molecule has 0 saturated heterocycles. The van der Waals surface area contributed by atoms with Crippen molar-refractivity contribution in [2.75, 3.05) is 25.6 Å². The Kier molecular flexibility index (Phi) is 6.30. The lowest BCUT2D eigenvalue weighted by molar-refractivity contribution is 0.0923. The van der Waals surface area contributed by atoms with Crippen LogP contribution < -0.4 is 0 Å². The molecule has 0 aliphatic rings. The molecule has 0 aliphatic heterocycles. The molecule has 1 aromatic rings. The average Bonchev–Trinajstić information content (AvgIpc) is 2.36. The van der Waals surface area contributed by atoms with Crippen LogP contribution in [0.3, 0.4) is 0 Å². The van der Waals surface area contributed by atoms with Gasteiger partial charge >= 0.3 is 0 Å². The summed E-state index contributed by atoms with van der Waals surface area (Å²) in [5.41, 5.74) is 0.802. The number of carbonyl (C=O) groups is 1. The highest BCUT2D eigenvalue weighted by molar-refractivity contribution is 7.98. The molecule has 0 amide bonds. The first-order valence-electron chi connectivity index (χ1n) is 5.92. The van der Waals surface area contributed by atoms with E-state index in [9.17, 15) is 4.79 Å². The Morgan fingerprint density at radius 1 is 1.35 bits per heavy atom. The van der Waals surface area contributed by atoms with Crippen molar-refractivity contribution in [3.05, 3.63) is 35.9 Å². The number of hydrogen-bond donors (Lipinski definition) is 0. The first kappa shape index (κ1) is 14.3.